The predicted molar refractivity (Wildman–Crippen MR) is 123 cm³/mol. The zero-order valence-electron chi connectivity index (χ0n) is 18.0. The van der Waals surface area contributed by atoms with Gasteiger partial charge in [-0.3, -0.25) is 4.79 Å². The number of nitrogens with zero attached hydrogens (tertiary/aromatic N) is 4. The maximum absolute atomic E-state index is 13.1. The number of methoxy groups -OCH3 is 1. The molecule has 0 N–H and O–H groups in total. The fourth-order valence-corrected chi connectivity index (χ4v) is 4.15. The first-order valence-electron chi connectivity index (χ1n) is 10.1. The molecule has 2 aromatic carbocycles. The van der Waals surface area contributed by atoms with Gasteiger partial charge in [0.2, 0.25) is 5.28 Å². The first-order chi connectivity index (χ1) is 14.9. The minimum atomic E-state index is -0.0698. The third kappa shape index (κ3) is 4.03. The molecule has 0 unspecified atom stereocenters. The summed E-state index contributed by atoms with van der Waals surface area (Å²) in [7, 11) is 3.45. The Morgan fingerprint density at radius 2 is 1.90 bits per heavy atom. The molecule has 31 heavy (non-hydrogen) atoms. The molecule has 0 atom stereocenters. The molecule has 0 aliphatic heterocycles. The van der Waals surface area contributed by atoms with Crippen LogP contribution in [0.3, 0.4) is 0 Å². The molecule has 0 aliphatic carbocycles. The Morgan fingerprint density at radius 1 is 1.16 bits per heavy atom. The lowest BCUT2D eigenvalue weighted by atomic mass is 10.1. The van der Waals surface area contributed by atoms with Crippen LogP contribution in [0.1, 0.15) is 35.9 Å². The van der Waals surface area contributed by atoms with Crippen molar-refractivity contribution in [1.29, 1.82) is 0 Å². The van der Waals surface area contributed by atoms with Crippen LogP contribution in [0.15, 0.2) is 60.8 Å². The summed E-state index contributed by atoms with van der Waals surface area (Å²) >= 11 is 6.29. The second-order valence-corrected chi connectivity index (χ2v) is 8.11. The Labute approximate surface area is 186 Å². The van der Waals surface area contributed by atoms with E-state index in [1.54, 1.807) is 25.1 Å². The molecule has 2 heterocycles. The molecule has 0 aliphatic rings. The maximum Gasteiger partial charge on any atom is 0.254 e. The van der Waals surface area contributed by atoms with Crippen LogP contribution in [0.2, 0.25) is 5.28 Å². The predicted octanol–water partition coefficient (Wildman–Crippen LogP) is 5.34. The molecule has 1 amide bonds. The number of benzene rings is 2. The molecule has 0 saturated heterocycles. The summed E-state index contributed by atoms with van der Waals surface area (Å²) in [4.78, 5) is 19.2. The molecule has 0 fully saturated rings. The van der Waals surface area contributed by atoms with Crippen molar-refractivity contribution in [3.63, 3.8) is 0 Å². The summed E-state index contributed by atoms with van der Waals surface area (Å²) in [5.74, 6) is 0.736. The normalized spacial score (nSPS) is 11.3. The van der Waals surface area contributed by atoms with Crippen molar-refractivity contribution in [2.24, 2.45) is 0 Å². The second kappa shape index (κ2) is 8.47. The maximum atomic E-state index is 13.1. The minimum Gasteiger partial charge on any atom is -0.497 e. The lowest BCUT2D eigenvalue weighted by Gasteiger charge is -2.19. The van der Waals surface area contributed by atoms with Crippen molar-refractivity contribution in [2.45, 2.75) is 26.4 Å². The van der Waals surface area contributed by atoms with Gasteiger partial charge < -0.3 is 18.8 Å². The topological polar surface area (TPSA) is 52.3 Å². The summed E-state index contributed by atoms with van der Waals surface area (Å²) in [6, 6.07) is 17.6. The highest BCUT2D eigenvalue weighted by Crippen LogP contribution is 2.26. The highest BCUT2D eigenvalue weighted by Gasteiger charge is 2.17. The van der Waals surface area contributed by atoms with Gasteiger partial charge in [0, 0.05) is 36.2 Å². The standard InChI is InChI=1S/C24H25ClN4O2/c1-16(2)29-22-12-7-17(14-21(22)26-24(29)25)23(30)27(3)15-19-6-5-13-28(19)18-8-10-20(31-4)11-9-18/h5-14,16H,15H2,1-4H3. The smallest absolute Gasteiger partial charge is 0.254 e. The quantitative estimate of drug-likeness (QED) is 0.410. The van der Waals surface area contributed by atoms with Crippen LogP contribution in [0.25, 0.3) is 16.7 Å². The first-order valence-corrected chi connectivity index (χ1v) is 10.5. The number of aromatic nitrogens is 3. The summed E-state index contributed by atoms with van der Waals surface area (Å²) in [5, 5.41) is 0.431. The largest absolute Gasteiger partial charge is 0.497 e. The molecule has 4 rings (SSSR count). The number of carbonyl (C=O) groups is 1. The van der Waals surface area contributed by atoms with Crippen LogP contribution in [-0.2, 0) is 6.54 Å². The van der Waals surface area contributed by atoms with Crippen LogP contribution in [-0.4, -0.2) is 39.1 Å². The van der Waals surface area contributed by atoms with Crippen molar-refractivity contribution in [3.05, 3.63) is 77.3 Å². The van der Waals surface area contributed by atoms with Crippen LogP contribution >= 0.6 is 11.6 Å². The van der Waals surface area contributed by atoms with Crippen molar-refractivity contribution in [3.8, 4) is 11.4 Å². The molecule has 7 heteroatoms. The van der Waals surface area contributed by atoms with E-state index in [1.807, 2.05) is 59.3 Å². The average molecular weight is 437 g/mol. The van der Waals surface area contributed by atoms with Gasteiger partial charge in [0.15, 0.2) is 0 Å². The molecule has 4 aromatic rings. The molecule has 0 spiro atoms. The van der Waals surface area contributed by atoms with Gasteiger partial charge in [-0.05, 0) is 80.0 Å². The number of hydrogen-bond acceptors (Lipinski definition) is 3. The zero-order valence-corrected chi connectivity index (χ0v) is 18.8. The van der Waals surface area contributed by atoms with Crippen LogP contribution in [0.4, 0.5) is 0 Å². The van der Waals surface area contributed by atoms with E-state index in [0.29, 0.717) is 17.4 Å². The van der Waals surface area contributed by atoms with Crippen molar-refractivity contribution in [2.75, 3.05) is 14.2 Å². The molecule has 0 saturated carbocycles. The number of ether oxygens (including phenoxy) is 1. The summed E-state index contributed by atoms with van der Waals surface area (Å²) in [5.41, 5.74) is 4.25. The van der Waals surface area contributed by atoms with Gasteiger partial charge in [0.05, 0.1) is 24.7 Å². The van der Waals surface area contributed by atoms with E-state index >= 15 is 0 Å². The Morgan fingerprint density at radius 3 is 2.58 bits per heavy atom. The third-order valence-corrected chi connectivity index (χ3v) is 5.61. The monoisotopic (exact) mass is 436 g/mol. The molecule has 160 valence electrons. The van der Waals surface area contributed by atoms with E-state index in [4.69, 9.17) is 16.3 Å². The van der Waals surface area contributed by atoms with Gasteiger partial charge >= 0.3 is 0 Å². The molecule has 0 bridgehead atoms. The number of amides is 1. The molecule has 2 aromatic heterocycles. The summed E-state index contributed by atoms with van der Waals surface area (Å²) < 4.78 is 9.26. The number of hydrogen-bond donors (Lipinski definition) is 0. The Kier molecular flexibility index (Phi) is 5.74. The molecule has 0 radical (unpaired) electrons. The van der Waals surface area contributed by atoms with E-state index in [9.17, 15) is 4.79 Å². The summed E-state index contributed by atoms with van der Waals surface area (Å²) in [6.45, 7) is 4.58. The molecule has 6 nitrogen and oxygen atoms in total. The van der Waals surface area contributed by atoms with Crippen molar-refractivity contribution < 1.29 is 9.53 Å². The fraction of sp³-hybridized carbons (Fsp3) is 0.250. The van der Waals surface area contributed by atoms with E-state index in [-0.39, 0.29) is 11.9 Å². The van der Waals surface area contributed by atoms with Gasteiger partial charge in [-0.1, -0.05) is 0 Å². The van der Waals surface area contributed by atoms with Gasteiger partial charge in [-0.15, -0.1) is 0 Å². The van der Waals surface area contributed by atoms with Gasteiger partial charge in [0.1, 0.15) is 5.75 Å². The highest BCUT2D eigenvalue weighted by atomic mass is 35.5. The number of imidazole rings is 1. The second-order valence-electron chi connectivity index (χ2n) is 7.78. The molecular weight excluding hydrogens is 412 g/mol. The Bertz CT molecular complexity index is 1220. The first kappa shape index (κ1) is 21.0. The van der Waals surface area contributed by atoms with E-state index < -0.39 is 0 Å². The van der Waals surface area contributed by atoms with E-state index in [2.05, 4.69) is 23.4 Å². The van der Waals surface area contributed by atoms with Crippen LogP contribution in [0.5, 0.6) is 5.75 Å². The third-order valence-electron chi connectivity index (χ3n) is 5.34. The fourth-order valence-electron chi connectivity index (χ4n) is 3.77. The number of rotatable bonds is 6. The van der Waals surface area contributed by atoms with Crippen molar-refractivity contribution in [1.82, 2.24) is 19.0 Å². The average Bonchev–Trinajstić information content (AvgIpc) is 3.35. The number of carbonyl (C=O) groups excluding carboxylic acids is 1. The number of fused-ring (bicyclic) bond motifs is 1. The van der Waals surface area contributed by atoms with Gasteiger partial charge in [-0.2, -0.15) is 0 Å². The van der Waals surface area contributed by atoms with E-state index in [0.717, 1.165) is 28.2 Å². The van der Waals surface area contributed by atoms with Crippen LogP contribution in [0, 0.1) is 0 Å². The van der Waals surface area contributed by atoms with E-state index in [1.165, 1.54) is 0 Å². The zero-order chi connectivity index (χ0) is 22.1. The van der Waals surface area contributed by atoms with Crippen LogP contribution < -0.4 is 4.74 Å². The lowest BCUT2D eigenvalue weighted by molar-refractivity contribution is 0.0783. The summed E-state index contributed by atoms with van der Waals surface area (Å²) in [6.07, 6.45) is 1.99. The Balaban J connectivity index is 1.56. The van der Waals surface area contributed by atoms with Gasteiger partial charge in [0.25, 0.3) is 5.91 Å². The SMILES string of the molecule is COc1ccc(-n2cccc2CN(C)C(=O)c2ccc3c(c2)nc(Cl)n3C(C)C)cc1. The van der Waals surface area contributed by atoms with Gasteiger partial charge in [-0.25, -0.2) is 4.98 Å². The molecular formula is C24H25ClN4O2. The van der Waals surface area contributed by atoms with Crippen molar-refractivity contribution >= 4 is 28.5 Å². The Hall–Kier alpha value is -3.25. The number of halogens is 1. The lowest BCUT2D eigenvalue weighted by Crippen LogP contribution is -2.27. The minimum absolute atomic E-state index is 0.0698. The highest BCUT2D eigenvalue weighted by molar-refractivity contribution is 6.29.